The molecule has 1 aromatic carbocycles. The summed E-state index contributed by atoms with van der Waals surface area (Å²) in [6.45, 7) is 1.96. The molecule has 1 aliphatic rings. The number of amides is 1. The van der Waals surface area contributed by atoms with Crippen molar-refractivity contribution < 1.29 is 13.2 Å². The van der Waals surface area contributed by atoms with Crippen molar-refractivity contribution >= 4 is 15.7 Å². The third kappa shape index (κ3) is 3.64. The highest BCUT2D eigenvalue weighted by Crippen LogP contribution is 2.31. The lowest BCUT2D eigenvalue weighted by Gasteiger charge is -2.19. The van der Waals surface area contributed by atoms with Crippen LogP contribution in [0.3, 0.4) is 0 Å². The number of sulfone groups is 1. The van der Waals surface area contributed by atoms with E-state index in [0.29, 0.717) is 5.56 Å². The van der Waals surface area contributed by atoms with Gasteiger partial charge in [0.2, 0.25) is 5.91 Å². The first-order valence-corrected chi connectivity index (χ1v) is 9.51. The van der Waals surface area contributed by atoms with Crippen LogP contribution in [0.15, 0.2) is 53.7 Å². The Morgan fingerprint density at radius 3 is 2.54 bits per heavy atom. The van der Waals surface area contributed by atoms with E-state index in [-0.39, 0.29) is 23.3 Å². The molecule has 1 fully saturated rings. The molecule has 0 radical (unpaired) electrons. The summed E-state index contributed by atoms with van der Waals surface area (Å²) < 4.78 is 26.1. The fourth-order valence-corrected chi connectivity index (χ4v) is 4.19. The van der Waals surface area contributed by atoms with Gasteiger partial charge in [0.05, 0.1) is 4.90 Å². The number of carbonyl (C=O) groups excluding carboxylic acids is 1. The largest absolute Gasteiger partial charge is 0.354 e. The van der Waals surface area contributed by atoms with Gasteiger partial charge in [-0.15, -0.1) is 0 Å². The molecule has 3 rings (SSSR count). The van der Waals surface area contributed by atoms with E-state index in [4.69, 9.17) is 0 Å². The Labute approximate surface area is 142 Å². The molecule has 1 N–H and O–H groups in total. The molecular weight excluding hydrogens is 324 g/mol. The van der Waals surface area contributed by atoms with Gasteiger partial charge in [-0.25, -0.2) is 8.42 Å². The third-order valence-electron chi connectivity index (χ3n) is 4.19. The molecule has 0 bridgehead atoms. The Hall–Kier alpha value is -2.21. The van der Waals surface area contributed by atoms with Crippen molar-refractivity contribution in [2.24, 2.45) is 5.92 Å². The number of aromatic nitrogens is 1. The van der Waals surface area contributed by atoms with Crippen molar-refractivity contribution in [3.8, 4) is 0 Å². The van der Waals surface area contributed by atoms with E-state index >= 15 is 0 Å². The number of nitrogens with one attached hydrogen (secondary N) is 1. The molecule has 5 nitrogen and oxygen atoms in total. The Morgan fingerprint density at radius 1 is 1.25 bits per heavy atom. The highest BCUT2D eigenvalue weighted by atomic mass is 32.2. The minimum absolute atomic E-state index is 0.0432. The number of aryl methyl sites for hydroxylation is 1. The predicted octanol–water partition coefficient (Wildman–Crippen LogP) is 2.43. The lowest BCUT2D eigenvalue weighted by atomic mass is 10.2. The van der Waals surface area contributed by atoms with Crippen LogP contribution < -0.4 is 5.32 Å². The van der Waals surface area contributed by atoms with Crippen LogP contribution in [-0.4, -0.2) is 25.9 Å². The molecule has 1 atom stereocenters. The Balaban J connectivity index is 1.90. The number of hydrogen-bond acceptors (Lipinski definition) is 4. The molecule has 2 aromatic rings. The van der Waals surface area contributed by atoms with Crippen LogP contribution in [0.2, 0.25) is 0 Å². The van der Waals surface area contributed by atoms with E-state index in [1.165, 1.54) is 0 Å². The SMILES string of the molecule is Cc1ccc(S(=O)(=O)[C@@H](CNC(=O)C2CC2)c2cccnc2)cc1. The van der Waals surface area contributed by atoms with Gasteiger partial charge in [0, 0.05) is 24.9 Å². The quantitative estimate of drug-likeness (QED) is 0.873. The molecule has 1 amide bonds. The van der Waals surface area contributed by atoms with Gasteiger partial charge in [-0.05, 0) is 43.5 Å². The molecule has 126 valence electrons. The molecule has 6 heteroatoms. The van der Waals surface area contributed by atoms with Gasteiger partial charge < -0.3 is 5.32 Å². The molecule has 0 saturated heterocycles. The number of rotatable bonds is 6. The van der Waals surface area contributed by atoms with E-state index in [9.17, 15) is 13.2 Å². The molecule has 0 unspecified atom stereocenters. The topological polar surface area (TPSA) is 76.1 Å². The predicted molar refractivity (Wildman–Crippen MR) is 91.1 cm³/mol. The highest BCUT2D eigenvalue weighted by Gasteiger charge is 2.33. The number of benzene rings is 1. The lowest BCUT2D eigenvalue weighted by molar-refractivity contribution is -0.122. The van der Waals surface area contributed by atoms with Crippen LogP contribution in [0.5, 0.6) is 0 Å². The van der Waals surface area contributed by atoms with E-state index in [1.54, 1.807) is 48.8 Å². The maximum absolute atomic E-state index is 13.1. The van der Waals surface area contributed by atoms with Crippen molar-refractivity contribution in [1.29, 1.82) is 0 Å². The first-order chi connectivity index (χ1) is 11.5. The molecule has 0 aliphatic heterocycles. The standard InChI is InChI=1S/C18H20N2O3S/c1-13-4-8-16(9-5-13)24(22,23)17(15-3-2-10-19-11-15)12-20-18(21)14-6-7-14/h2-5,8-11,14,17H,6-7,12H2,1H3,(H,20,21)/t17-/m0/s1. The van der Waals surface area contributed by atoms with Crippen molar-refractivity contribution in [2.45, 2.75) is 29.9 Å². The molecule has 24 heavy (non-hydrogen) atoms. The van der Waals surface area contributed by atoms with Crippen LogP contribution in [0, 0.1) is 12.8 Å². The van der Waals surface area contributed by atoms with Crippen LogP contribution in [-0.2, 0) is 14.6 Å². The number of carbonyl (C=O) groups is 1. The number of hydrogen-bond donors (Lipinski definition) is 1. The van der Waals surface area contributed by atoms with Crippen molar-refractivity contribution in [3.05, 3.63) is 59.9 Å². The maximum Gasteiger partial charge on any atom is 0.223 e. The van der Waals surface area contributed by atoms with Crippen LogP contribution in [0.1, 0.15) is 29.2 Å². The van der Waals surface area contributed by atoms with Gasteiger partial charge >= 0.3 is 0 Å². The molecular formula is C18H20N2O3S. The van der Waals surface area contributed by atoms with Gasteiger partial charge in [-0.1, -0.05) is 23.8 Å². The summed E-state index contributed by atoms with van der Waals surface area (Å²) in [7, 11) is -3.63. The van der Waals surface area contributed by atoms with Crippen molar-refractivity contribution in [3.63, 3.8) is 0 Å². The van der Waals surface area contributed by atoms with E-state index in [1.807, 2.05) is 6.92 Å². The van der Waals surface area contributed by atoms with Crippen LogP contribution >= 0.6 is 0 Å². The zero-order valence-corrected chi connectivity index (χ0v) is 14.3. The summed E-state index contributed by atoms with van der Waals surface area (Å²) in [5.41, 5.74) is 1.57. The third-order valence-corrected chi connectivity index (χ3v) is 6.31. The highest BCUT2D eigenvalue weighted by molar-refractivity contribution is 7.91. The van der Waals surface area contributed by atoms with E-state index in [2.05, 4.69) is 10.3 Å². The molecule has 1 saturated carbocycles. The summed E-state index contributed by atoms with van der Waals surface area (Å²) >= 11 is 0. The normalized spacial score (nSPS) is 15.7. The monoisotopic (exact) mass is 344 g/mol. The fraction of sp³-hybridized carbons (Fsp3) is 0.333. The Kier molecular flexibility index (Phi) is 4.66. The smallest absolute Gasteiger partial charge is 0.223 e. The Bertz CT molecular complexity index is 813. The van der Waals surface area contributed by atoms with Crippen molar-refractivity contribution in [1.82, 2.24) is 10.3 Å². The second-order valence-corrected chi connectivity index (χ2v) is 8.28. The van der Waals surface area contributed by atoms with Gasteiger partial charge in [0.15, 0.2) is 9.84 Å². The second kappa shape index (κ2) is 6.73. The van der Waals surface area contributed by atoms with E-state index in [0.717, 1.165) is 18.4 Å². The summed E-state index contributed by atoms with van der Waals surface area (Å²) in [6, 6.07) is 10.2. The summed E-state index contributed by atoms with van der Waals surface area (Å²) in [4.78, 5) is 16.2. The van der Waals surface area contributed by atoms with Gasteiger partial charge in [0.25, 0.3) is 0 Å². The number of nitrogens with zero attached hydrogens (tertiary/aromatic N) is 1. The average Bonchev–Trinajstić information content (AvgIpc) is 3.41. The first kappa shape index (κ1) is 16.6. The fourth-order valence-electron chi connectivity index (χ4n) is 2.55. The zero-order valence-electron chi connectivity index (χ0n) is 13.5. The van der Waals surface area contributed by atoms with Gasteiger partial charge in [-0.3, -0.25) is 9.78 Å². The minimum atomic E-state index is -3.63. The second-order valence-electron chi connectivity index (χ2n) is 6.15. The van der Waals surface area contributed by atoms with Gasteiger partial charge in [-0.2, -0.15) is 0 Å². The molecule has 1 aromatic heterocycles. The zero-order chi connectivity index (χ0) is 17.2. The minimum Gasteiger partial charge on any atom is -0.354 e. The number of pyridine rings is 1. The summed E-state index contributed by atoms with van der Waals surface area (Å²) in [5.74, 6) is -0.0235. The van der Waals surface area contributed by atoms with Crippen LogP contribution in [0.25, 0.3) is 0 Å². The maximum atomic E-state index is 13.1. The summed E-state index contributed by atoms with van der Waals surface area (Å²) in [6.07, 6.45) is 4.91. The first-order valence-electron chi connectivity index (χ1n) is 7.96. The average molecular weight is 344 g/mol. The molecule has 1 aliphatic carbocycles. The van der Waals surface area contributed by atoms with Crippen molar-refractivity contribution in [2.75, 3.05) is 6.54 Å². The van der Waals surface area contributed by atoms with Crippen LogP contribution in [0.4, 0.5) is 0 Å². The van der Waals surface area contributed by atoms with E-state index < -0.39 is 15.1 Å². The lowest BCUT2D eigenvalue weighted by Crippen LogP contribution is -2.32. The molecule has 1 heterocycles. The molecule has 0 spiro atoms. The summed E-state index contributed by atoms with van der Waals surface area (Å²) in [5, 5.41) is 1.93. The van der Waals surface area contributed by atoms with Gasteiger partial charge in [0.1, 0.15) is 5.25 Å². The Morgan fingerprint density at radius 2 is 1.96 bits per heavy atom.